The topological polar surface area (TPSA) is 39.6 Å². The van der Waals surface area contributed by atoms with Crippen molar-refractivity contribution in [3.63, 3.8) is 0 Å². The Kier molecular flexibility index (Phi) is 3.49. The first kappa shape index (κ1) is 12.8. The van der Waals surface area contributed by atoms with E-state index in [1.54, 1.807) is 11.8 Å². The number of aromatic nitrogens is 1. The number of aromatic amines is 1. The number of hydrogen-bond acceptors (Lipinski definition) is 2. The van der Waals surface area contributed by atoms with Gasteiger partial charge in [-0.25, -0.2) is 0 Å². The van der Waals surface area contributed by atoms with E-state index in [1.807, 2.05) is 18.2 Å². The molecule has 0 saturated heterocycles. The highest BCUT2D eigenvalue weighted by Gasteiger charge is 2.13. The largest absolute Gasteiger partial charge is 0.354 e. The summed E-state index contributed by atoms with van der Waals surface area (Å²) in [5, 5.41) is 10.1. The Morgan fingerprint density at radius 3 is 2.70 bits per heavy atom. The van der Waals surface area contributed by atoms with Crippen LogP contribution in [0.5, 0.6) is 0 Å². The molecular formula is C17H14N2S. The van der Waals surface area contributed by atoms with E-state index < -0.39 is 0 Å². The molecule has 0 bridgehead atoms. The highest BCUT2D eigenvalue weighted by Crippen LogP contribution is 2.37. The van der Waals surface area contributed by atoms with E-state index in [-0.39, 0.29) is 0 Å². The summed E-state index contributed by atoms with van der Waals surface area (Å²) in [6.07, 6.45) is 0. The van der Waals surface area contributed by atoms with Crippen LogP contribution in [-0.4, -0.2) is 10.7 Å². The van der Waals surface area contributed by atoms with Crippen LogP contribution in [0.1, 0.15) is 5.56 Å². The predicted molar refractivity (Wildman–Crippen MR) is 84.8 cm³/mol. The number of hydrogen-bond donors (Lipinski definition) is 1. The van der Waals surface area contributed by atoms with Gasteiger partial charge >= 0.3 is 0 Å². The Hall–Kier alpha value is -2.18. The zero-order valence-electron chi connectivity index (χ0n) is 11.2. The maximum absolute atomic E-state index is 8.86. The summed E-state index contributed by atoms with van der Waals surface area (Å²) in [6.45, 7) is 2.09. The lowest BCUT2D eigenvalue weighted by atomic mass is 10.1. The summed E-state index contributed by atoms with van der Waals surface area (Å²) in [7, 11) is 0. The number of fused-ring (bicyclic) bond motifs is 1. The zero-order valence-corrected chi connectivity index (χ0v) is 12.0. The van der Waals surface area contributed by atoms with Crippen molar-refractivity contribution in [1.82, 2.24) is 4.98 Å². The van der Waals surface area contributed by atoms with Gasteiger partial charge in [0, 0.05) is 15.8 Å². The van der Waals surface area contributed by atoms with Gasteiger partial charge in [-0.05, 0) is 24.1 Å². The Balaban J connectivity index is 2.22. The lowest BCUT2D eigenvalue weighted by molar-refractivity contribution is 1.39. The van der Waals surface area contributed by atoms with Crippen molar-refractivity contribution >= 4 is 22.7 Å². The summed E-state index contributed by atoms with van der Waals surface area (Å²) < 4.78 is 0. The molecule has 1 heterocycles. The number of thioether (sulfide) groups is 1. The SMILES string of the molecule is Cc1ccc2c(SCC#N)c(-c3ccccc3)[nH]c2c1. The van der Waals surface area contributed by atoms with Gasteiger partial charge in [0.05, 0.1) is 17.5 Å². The first-order valence-corrected chi connectivity index (χ1v) is 7.45. The summed E-state index contributed by atoms with van der Waals surface area (Å²) >= 11 is 1.59. The second-order valence-electron chi connectivity index (χ2n) is 4.69. The van der Waals surface area contributed by atoms with Gasteiger partial charge in [0.1, 0.15) is 0 Å². The number of benzene rings is 2. The van der Waals surface area contributed by atoms with Crippen LogP contribution in [0.4, 0.5) is 0 Å². The van der Waals surface area contributed by atoms with Crippen LogP contribution < -0.4 is 0 Å². The van der Waals surface area contributed by atoms with Crippen LogP contribution in [-0.2, 0) is 0 Å². The first-order valence-electron chi connectivity index (χ1n) is 6.47. The minimum Gasteiger partial charge on any atom is -0.354 e. The van der Waals surface area contributed by atoms with Crippen molar-refractivity contribution in [1.29, 1.82) is 5.26 Å². The van der Waals surface area contributed by atoms with Gasteiger partial charge in [-0.15, -0.1) is 11.8 Å². The summed E-state index contributed by atoms with van der Waals surface area (Å²) in [5.41, 5.74) is 4.62. The molecule has 3 rings (SSSR count). The van der Waals surface area contributed by atoms with E-state index in [1.165, 1.54) is 10.9 Å². The molecule has 0 unspecified atom stereocenters. The van der Waals surface area contributed by atoms with Crippen molar-refractivity contribution in [2.45, 2.75) is 11.8 Å². The van der Waals surface area contributed by atoms with Crippen LogP contribution in [0.2, 0.25) is 0 Å². The molecule has 0 saturated carbocycles. The third-order valence-corrected chi connectivity index (χ3v) is 4.24. The van der Waals surface area contributed by atoms with Gasteiger partial charge in [0.15, 0.2) is 0 Å². The van der Waals surface area contributed by atoms with E-state index in [4.69, 9.17) is 5.26 Å². The van der Waals surface area contributed by atoms with Crippen LogP contribution in [0.15, 0.2) is 53.4 Å². The van der Waals surface area contributed by atoms with E-state index in [0.29, 0.717) is 5.75 Å². The van der Waals surface area contributed by atoms with Gasteiger partial charge in [-0.1, -0.05) is 42.5 Å². The van der Waals surface area contributed by atoms with Crippen molar-refractivity contribution in [2.75, 3.05) is 5.75 Å². The predicted octanol–water partition coefficient (Wildman–Crippen LogP) is 4.76. The standard InChI is InChI=1S/C17H14N2S/c1-12-7-8-14-15(11-12)19-16(17(14)20-10-9-18)13-5-3-2-4-6-13/h2-8,11,19H,10H2,1H3. The van der Waals surface area contributed by atoms with Gasteiger partial charge in [0.2, 0.25) is 0 Å². The fourth-order valence-corrected chi connectivity index (χ4v) is 3.20. The summed E-state index contributed by atoms with van der Waals surface area (Å²) in [4.78, 5) is 4.66. The van der Waals surface area contributed by atoms with Crippen molar-refractivity contribution < 1.29 is 0 Å². The van der Waals surface area contributed by atoms with Crippen LogP contribution >= 0.6 is 11.8 Å². The zero-order chi connectivity index (χ0) is 13.9. The Morgan fingerprint density at radius 1 is 1.15 bits per heavy atom. The number of H-pyrrole nitrogens is 1. The molecule has 0 radical (unpaired) electrons. The molecule has 0 aliphatic heterocycles. The number of rotatable bonds is 3. The van der Waals surface area contributed by atoms with Gasteiger partial charge in [-0.3, -0.25) is 0 Å². The average Bonchev–Trinajstić information content (AvgIpc) is 2.83. The minimum atomic E-state index is 0.459. The maximum Gasteiger partial charge on any atom is 0.0856 e. The molecule has 98 valence electrons. The molecule has 1 aromatic heterocycles. The minimum absolute atomic E-state index is 0.459. The van der Waals surface area contributed by atoms with E-state index >= 15 is 0 Å². The lowest BCUT2D eigenvalue weighted by Crippen LogP contribution is -1.80. The Bertz CT molecular complexity index is 782. The second-order valence-corrected chi connectivity index (χ2v) is 5.68. The van der Waals surface area contributed by atoms with Crippen molar-refractivity contribution in [3.05, 3.63) is 54.1 Å². The van der Waals surface area contributed by atoms with E-state index in [2.05, 4.69) is 48.3 Å². The second kappa shape index (κ2) is 5.44. The molecule has 0 aliphatic rings. The average molecular weight is 278 g/mol. The molecule has 2 nitrogen and oxygen atoms in total. The molecule has 0 aliphatic carbocycles. The normalized spacial score (nSPS) is 10.6. The molecule has 1 N–H and O–H groups in total. The fourth-order valence-electron chi connectivity index (χ4n) is 2.35. The molecule has 20 heavy (non-hydrogen) atoms. The van der Waals surface area contributed by atoms with E-state index in [9.17, 15) is 0 Å². The number of nitrogens with zero attached hydrogens (tertiary/aromatic N) is 1. The third-order valence-electron chi connectivity index (χ3n) is 3.25. The molecule has 2 aromatic carbocycles. The Morgan fingerprint density at radius 2 is 1.95 bits per heavy atom. The summed E-state index contributed by atoms with van der Waals surface area (Å²) in [6, 6.07) is 18.9. The van der Waals surface area contributed by atoms with Gasteiger partial charge < -0.3 is 4.98 Å². The maximum atomic E-state index is 8.86. The van der Waals surface area contributed by atoms with Crippen LogP contribution in [0, 0.1) is 18.3 Å². The molecule has 0 fully saturated rings. The Labute approximate surface area is 122 Å². The lowest BCUT2D eigenvalue weighted by Gasteiger charge is -2.02. The van der Waals surface area contributed by atoms with Gasteiger partial charge in [0.25, 0.3) is 0 Å². The molecule has 3 aromatic rings. The van der Waals surface area contributed by atoms with Crippen molar-refractivity contribution in [2.24, 2.45) is 0 Å². The highest BCUT2D eigenvalue weighted by molar-refractivity contribution is 7.99. The fraction of sp³-hybridized carbons (Fsp3) is 0.118. The molecule has 3 heteroatoms. The first-order chi connectivity index (χ1) is 9.79. The molecule has 0 atom stereocenters. The molecule has 0 amide bonds. The monoisotopic (exact) mass is 278 g/mol. The van der Waals surface area contributed by atoms with Crippen LogP contribution in [0.25, 0.3) is 22.2 Å². The number of nitrogens with one attached hydrogen (secondary N) is 1. The quantitative estimate of drug-likeness (QED) is 0.702. The van der Waals surface area contributed by atoms with E-state index in [0.717, 1.165) is 21.7 Å². The van der Waals surface area contributed by atoms with Gasteiger partial charge in [-0.2, -0.15) is 5.26 Å². The third kappa shape index (κ3) is 2.31. The number of nitriles is 1. The smallest absolute Gasteiger partial charge is 0.0856 e. The van der Waals surface area contributed by atoms with Crippen molar-refractivity contribution in [3.8, 4) is 17.3 Å². The van der Waals surface area contributed by atoms with Crippen LogP contribution in [0.3, 0.4) is 0 Å². The highest BCUT2D eigenvalue weighted by atomic mass is 32.2. The summed E-state index contributed by atoms with van der Waals surface area (Å²) in [5.74, 6) is 0.459. The molecular weight excluding hydrogens is 264 g/mol. The molecule has 0 spiro atoms. The number of aryl methyl sites for hydroxylation is 1.